The number of methoxy groups -OCH3 is 1. The van der Waals surface area contributed by atoms with Crippen LogP contribution in [0, 0.1) is 5.92 Å². The molecule has 1 heterocycles. The molecular formula is C13H27N3O2. The Hall–Kier alpha value is -0.650. The smallest absolute Gasteiger partial charge is 0.234 e. The summed E-state index contributed by atoms with van der Waals surface area (Å²) in [6.07, 6.45) is 3.26. The third kappa shape index (κ3) is 5.33. The highest BCUT2D eigenvalue weighted by molar-refractivity contribution is 5.79. The molecule has 0 bridgehead atoms. The van der Waals surface area contributed by atoms with Gasteiger partial charge in [-0.2, -0.15) is 0 Å². The first-order valence-corrected chi connectivity index (χ1v) is 6.91. The van der Waals surface area contributed by atoms with Gasteiger partial charge in [0.25, 0.3) is 0 Å². The molecule has 106 valence electrons. The van der Waals surface area contributed by atoms with Crippen molar-refractivity contribution >= 4 is 5.91 Å². The molecule has 1 fully saturated rings. The van der Waals surface area contributed by atoms with Crippen molar-refractivity contribution in [2.45, 2.75) is 32.2 Å². The van der Waals surface area contributed by atoms with E-state index in [1.807, 2.05) is 6.92 Å². The number of hydrogen-bond acceptors (Lipinski definition) is 4. The van der Waals surface area contributed by atoms with Crippen LogP contribution in [0.4, 0.5) is 0 Å². The third-order valence-corrected chi connectivity index (χ3v) is 3.53. The number of amides is 1. The number of rotatable bonds is 8. The lowest BCUT2D eigenvalue weighted by Gasteiger charge is -2.33. The van der Waals surface area contributed by atoms with Gasteiger partial charge in [0.05, 0.1) is 12.6 Å². The molecule has 5 nitrogen and oxygen atoms in total. The zero-order chi connectivity index (χ0) is 13.4. The molecule has 0 aliphatic carbocycles. The molecule has 2 atom stereocenters. The van der Waals surface area contributed by atoms with Crippen molar-refractivity contribution in [1.29, 1.82) is 0 Å². The second-order valence-electron chi connectivity index (χ2n) is 5.07. The first kappa shape index (κ1) is 15.4. The van der Waals surface area contributed by atoms with Gasteiger partial charge in [0, 0.05) is 20.2 Å². The Morgan fingerprint density at radius 2 is 2.39 bits per heavy atom. The van der Waals surface area contributed by atoms with Crippen LogP contribution in [0.2, 0.25) is 0 Å². The minimum atomic E-state index is -0.248. The summed E-state index contributed by atoms with van der Waals surface area (Å²) in [5.74, 6) is 0.386. The fourth-order valence-corrected chi connectivity index (χ4v) is 2.63. The van der Waals surface area contributed by atoms with Crippen LogP contribution >= 0.6 is 0 Å². The third-order valence-electron chi connectivity index (χ3n) is 3.53. The van der Waals surface area contributed by atoms with Crippen molar-refractivity contribution in [3.05, 3.63) is 0 Å². The summed E-state index contributed by atoms with van der Waals surface area (Å²) in [5.41, 5.74) is 5.37. The maximum absolute atomic E-state index is 11.3. The Labute approximate surface area is 110 Å². The second-order valence-corrected chi connectivity index (χ2v) is 5.07. The lowest BCUT2D eigenvalue weighted by Crippen LogP contribution is -2.45. The zero-order valence-corrected chi connectivity index (χ0v) is 11.7. The number of nitrogens with zero attached hydrogens (tertiary/aromatic N) is 1. The molecule has 1 rings (SSSR count). The number of primary amides is 1. The molecule has 2 unspecified atom stereocenters. The summed E-state index contributed by atoms with van der Waals surface area (Å²) in [6, 6.07) is -0.196. The summed E-state index contributed by atoms with van der Waals surface area (Å²) in [5, 5.41) is 3.13. The van der Waals surface area contributed by atoms with Gasteiger partial charge in [-0.05, 0) is 38.3 Å². The Morgan fingerprint density at radius 1 is 1.61 bits per heavy atom. The van der Waals surface area contributed by atoms with Gasteiger partial charge in [-0.3, -0.25) is 4.79 Å². The summed E-state index contributed by atoms with van der Waals surface area (Å²) < 4.78 is 5.22. The largest absolute Gasteiger partial charge is 0.384 e. The molecule has 0 radical (unpaired) electrons. The normalized spacial score (nSPS) is 22.9. The van der Waals surface area contributed by atoms with Crippen molar-refractivity contribution in [3.8, 4) is 0 Å². The first-order valence-electron chi connectivity index (χ1n) is 6.91. The Balaban J connectivity index is 2.30. The van der Waals surface area contributed by atoms with Gasteiger partial charge in [-0.1, -0.05) is 6.92 Å². The zero-order valence-electron chi connectivity index (χ0n) is 11.7. The van der Waals surface area contributed by atoms with Crippen LogP contribution in [0.5, 0.6) is 0 Å². The van der Waals surface area contributed by atoms with Crippen LogP contribution < -0.4 is 11.1 Å². The minimum Gasteiger partial charge on any atom is -0.384 e. The van der Waals surface area contributed by atoms with Crippen LogP contribution in [-0.4, -0.2) is 56.7 Å². The lowest BCUT2D eigenvalue weighted by molar-refractivity contribution is -0.120. The Bertz CT molecular complexity index is 246. The quantitative estimate of drug-likeness (QED) is 0.652. The van der Waals surface area contributed by atoms with E-state index in [0.29, 0.717) is 5.92 Å². The molecule has 1 amide bonds. The van der Waals surface area contributed by atoms with Crippen molar-refractivity contribution < 1.29 is 9.53 Å². The minimum absolute atomic E-state index is 0.196. The van der Waals surface area contributed by atoms with Crippen LogP contribution in [0.15, 0.2) is 0 Å². The average molecular weight is 257 g/mol. The van der Waals surface area contributed by atoms with Crippen LogP contribution in [0.1, 0.15) is 26.2 Å². The SMILES string of the molecule is CCNC(CCN1CCCC(COC)C1)C(N)=O. The number of hydrogen-bond donors (Lipinski definition) is 2. The van der Waals surface area contributed by atoms with E-state index in [1.54, 1.807) is 7.11 Å². The number of piperidine rings is 1. The van der Waals surface area contributed by atoms with E-state index in [4.69, 9.17) is 10.5 Å². The highest BCUT2D eigenvalue weighted by atomic mass is 16.5. The fourth-order valence-electron chi connectivity index (χ4n) is 2.63. The van der Waals surface area contributed by atoms with E-state index in [1.165, 1.54) is 12.8 Å². The molecule has 0 aromatic carbocycles. The predicted octanol–water partition coefficient (Wildman–Crippen LogP) is 0.198. The maximum atomic E-state index is 11.3. The summed E-state index contributed by atoms with van der Waals surface area (Å²) >= 11 is 0. The Kier molecular flexibility index (Phi) is 7.23. The van der Waals surface area contributed by atoms with E-state index in [2.05, 4.69) is 10.2 Å². The molecule has 18 heavy (non-hydrogen) atoms. The standard InChI is InChI=1S/C13H27N3O2/c1-3-15-12(13(14)17)6-8-16-7-4-5-11(9-16)10-18-2/h11-12,15H,3-10H2,1-2H3,(H2,14,17). The number of ether oxygens (including phenoxy) is 1. The predicted molar refractivity (Wildman–Crippen MR) is 72.3 cm³/mol. The molecule has 1 aliphatic heterocycles. The molecule has 3 N–H and O–H groups in total. The monoisotopic (exact) mass is 257 g/mol. The van der Waals surface area contributed by atoms with Gasteiger partial charge in [0.2, 0.25) is 5.91 Å². The number of likely N-dealkylation sites (tertiary alicyclic amines) is 1. The maximum Gasteiger partial charge on any atom is 0.234 e. The molecule has 0 aromatic heterocycles. The molecule has 0 spiro atoms. The van der Waals surface area contributed by atoms with Gasteiger partial charge in [0.15, 0.2) is 0 Å². The molecule has 0 saturated carbocycles. The molecule has 1 aliphatic rings. The van der Waals surface area contributed by atoms with Crippen molar-refractivity contribution in [2.24, 2.45) is 11.7 Å². The number of nitrogens with one attached hydrogen (secondary N) is 1. The summed E-state index contributed by atoms with van der Waals surface area (Å²) in [4.78, 5) is 13.7. The highest BCUT2D eigenvalue weighted by Crippen LogP contribution is 2.16. The molecule has 5 heteroatoms. The van der Waals surface area contributed by atoms with Gasteiger partial charge < -0.3 is 20.7 Å². The van der Waals surface area contributed by atoms with E-state index < -0.39 is 0 Å². The number of nitrogens with two attached hydrogens (primary N) is 1. The summed E-state index contributed by atoms with van der Waals surface area (Å²) in [7, 11) is 1.76. The first-order chi connectivity index (χ1) is 8.67. The molecular weight excluding hydrogens is 230 g/mol. The number of carbonyl (C=O) groups excluding carboxylic acids is 1. The van der Waals surface area contributed by atoms with E-state index in [9.17, 15) is 4.79 Å². The Morgan fingerprint density at radius 3 is 3.00 bits per heavy atom. The molecule has 0 aromatic rings. The highest BCUT2D eigenvalue weighted by Gasteiger charge is 2.21. The summed E-state index contributed by atoms with van der Waals surface area (Å²) in [6.45, 7) is 6.73. The topological polar surface area (TPSA) is 67.6 Å². The van der Waals surface area contributed by atoms with Gasteiger partial charge in [-0.15, -0.1) is 0 Å². The van der Waals surface area contributed by atoms with Gasteiger partial charge >= 0.3 is 0 Å². The van der Waals surface area contributed by atoms with Gasteiger partial charge in [0.1, 0.15) is 0 Å². The average Bonchev–Trinajstić information content (AvgIpc) is 2.35. The fraction of sp³-hybridized carbons (Fsp3) is 0.923. The number of carbonyl (C=O) groups is 1. The second kappa shape index (κ2) is 8.45. The molecule has 1 saturated heterocycles. The van der Waals surface area contributed by atoms with Crippen LogP contribution in [-0.2, 0) is 9.53 Å². The lowest BCUT2D eigenvalue weighted by atomic mass is 9.98. The van der Waals surface area contributed by atoms with E-state index in [0.717, 1.165) is 39.2 Å². The van der Waals surface area contributed by atoms with Crippen molar-refractivity contribution in [2.75, 3.05) is 39.9 Å². The number of likely N-dealkylation sites (N-methyl/N-ethyl adjacent to an activating group) is 1. The van der Waals surface area contributed by atoms with E-state index >= 15 is 0 Å². The van der Waals surface area contributed by atoms with E-state index in [-0.39, 0.29) is 11.9 Å². The van der Waals surface area contributed by atoms with Crippen LogP contribution in [0.3, 0.4) is 0 Å². The van der Waals surface area contributed by atoms with Crippen LogP contribution in [0.25, 0.3) is 0 Å². The van der Waals surface area contributed by atoms with Crippen molar-refractivity contribution in [1.82, 2.24) is 10.2 Å². The van der Waals surface area contributed by atoms with Gasteiger partial charge in [-0.25, -0.2) is 0 Å². The van der Waals surface area contributed by atoms with Crippen molar-refractivity contribution in [3.63, 3.8) is 0 Å².